The molecule has 0 aromatic rings. The average molecular weight is 300 g/mol. The first-order valence-corrected chi connectivity index (χ1v) is 5.84. The summed E-state index contributed by atoms with van der Waals surface area (Å²) in [4.78, 5) is 41.3. The minimum absolute atomic E-state index is 0.334. The quantitative estimate of drug-likeness (QED) is 0.532. The summed E-state index contributed by atoms with van der Waals surface area (Å²) in [6, 6.07) is 0. The van der Waals surface area contributed by atoms with Crippen LogP contribution in [0.2, 0.25) is 0 Å². The highest BCUT2D eigenvalue weighted by molar-refractivity contribution is 7.90. The topological polar surface area (TPSA) is 190 Å². The van der Waals surface area contributed by atoms with Gasteiger partial charge in [-0.2, -0.15) is 0 Å². The van der Waals surface area contributed by atoms with Crippen molar-refractivity contribution in [2.24, 2.45) is 0 Å². The lowest BCUT2D eigenvalue weighted by molar-refractivity contribution is 0.125. The molecule has 0 aliphatic heterocycles. The molecule has 0 aromatic heterocycles. The van der Waals surface area contributed by atoms with Crippen LogP contribution in [0.25, 0.3) is 0 Å². The summed E-state index contributed by atoms with van der Waals surface area (Å²) >= 11 is 0. The van der Waals surface area contributed by atoms with Gasteiger partial charge in [0.15, 0.2) is 0 Å². The smallest absolute Gasteiger partial charge is 0.431 e. The van der Waals surface area contributed by atoms with Crippen molar-refractivity contribution in [2.75, 3.05) is 12.3 Å². The van der Waals surface area contributed by atoms with Gasteiger partial charge in [0.2, 0.25) is 0 Å². The van der Waals surface area contributed by atoms with Crippen molar-refractivity contribution in [3.8, 4) is 0 Å². The Bertz CT molecular complexity index is 482. The first-order chi connectivity index (χ1) is 8.50. The molecule has 19 heavy (non-hydrogen) atoms. The van der Waals surface area contributed by atoms with E-state index < -0.39 is 51.0 Å². The molecule has 0 aliphatic rings. The Labute approximate surface area is 105 Å². The van der Waals surface area contributed by atoms with Crippen molar-refractivity contribution in [1.29, 1.82) is 0 Å². The molecule has 0 aromatic carbocycles. The van der Waals surface area contributed by atoms with Gasteiger partial charge in [0.25, 0.3) is 10.0 Å². The molecule has 0 unspecified atom stereocenters. The molecule has 0 aliphatic carbocycles. The van der Waals surface area contributed by atoms with E-state index >= 15 is 0 Å². The SMILES string of the molecule is O=C(O)N(CCS(=O)(=O)N(C(=O)O)C(=O)O)C(=O)O. The third kappa shape index (κ3) is 4.30. The van der Waals surface area contributed by atoms with E-state index in [0.717, 1.165) is 0 Å². The number of nitrogens with zero attached hydrogens (tertiary/aromatic N) is 2. The van der Waals surface area contributed by atoms with Crippen LogP contribution in [0.5, 0.6) is 0 Å². The molecule has 4 amide bonds. The number of sulfonamides is 1. The molecule has 4 N–H and O–H groups in total. The largest absolute Gasteiger partial charge is 0.465 e. The lowest BCUT2D eigenvalue weighted by Gasteiger charge is -2.16. The third-order valence-electron chi connectivity index (χ3n) is 1.66. The van der Waals surface area contributed by atoms with Gasteiger partial charge in [0, 0.05) is 0 Å². The zero-order valence-corrected chi connectivity index (χ0v) is 9.77. The van der Waals surface area contributed by atoms with E-state index in [-0.39, 0.29) is 4.90 Å². The van der Waals surface area contributed by atoms with Crippen LogP contribution < -0.4 is 0 Å². The van der Waals surface area contributed by atoms with Gasteiger partial charge in [0.05, 0.1) is 12.3 Å². The first-order valence-electron chi connectivity index (χ1n) is 4.23. The zero-order valence-electron chi connectivity index (χ0n) is 8.96. The van der Waals surface area contributed by atoms with E-state index in [1.54, 1.807) is 0 Å². The number of carbonyl (C=O) groups is 4. The number of hydrogen-bond donors (Lipinski definition) is 4. The Balaban J connectivity index is 5.06. The first kappa shape index (κ1) is 16.4. The van der Waals surface area contributed by atoms with Crippen LogP contribution in [-0.4, -0.2) is 74.7 Å². The predicted octanol–water partition coefficient (Wildman–Crippen LogP) is -0.368. The monoisotopic (exact) mass is 300 g/mol. The van der Waals surface area contributed by atoms with Crippen LogP contribution >= 0.6 is 0 Å². The van der Waals surface area contributed by atoms with Crippen LogP contribution in [-0.2, 0) is 10.0 Å². The van der Waals surface area contributed by atoms with Crippen LogP contribution in [0.1, 0.15) is 0 Å². The molecular formula is C6H8N2O10S. The van der Waals surface area contributed by atoms with Gasteiger partial charge in [-0.15, -0.1) is 4.31 Å². The summed E-state index contributed by atoms with van der Waals surface area (Å²) < 4.78 is 21.7. The summed E-state index contributed by atoms with van der Waals surface area (Å²) in [6.45, 7) is -1.13. The Kier molecular flexibility index (Phi) is 5.06. The van der Waals surface area contributed by atoms with Gasteiger partial charge < -0.3 is 20.4 Å². The third-order valence-corrected chi connectivity index (χ3v) is 3.23. The number of amides is 4. The molecule has 0 saturated carbocycles. The van der Waals surface area contributed by atoms with Gasteiger partial charge in [-0.1, -0.05) is 0 Å². The zero-order chi connectivity index (χ0) is 15.4. The highest BCUT2D eigenvalue weighted by Gasteiger charge is 2.35. The molecule has 13 heteroatoms. The normalized spacial score (nSPS) is 10.5. The second-order valence-electron chi connectivity index (χ2n) is 2.86. The van der Waals surface area contributed by atoms with Gasteiger partial charge in [0.1, 0.15) is 0 Å². The summed E-state index contributed by atoms with van der Waals surface area (Å²) in [5, 5.41) is 33.6. The number of hydrogen-bond acceptors (Lipinski definition) is 6. The molecule has 0 radical (unpaired) electrons. The Morgan fingerprint density at radius 2 is 1.16 bits per heavy atom. The number of carboxylic acid groups (broad SMARTS) is 4. The van der Waals surface area contributed by atoms with Crippen LogP contribution in [0.4, 0.5) is 19.2 Å². The van der Waals surface area contributed by atoms with E-state index in [1.807, 2.05) is 0 Å². The standard InChI is InChI=1S/C6H8N2O10S/c9-3(10)7(4(11)12)1-2-19(17,18)8(5(13)14)6(15)16/h1-2H2,(H,9,10)(H,11,12)(H,13,14)(H,15,16). The lowest BCUT2D eigenvalue weighted by atomic mass is 10.6. The summed E-state index contributed by atoms with van der Waals surface area (Å²) in [5.74, 6) is -1.33. The predicted molar refractivity (Wildman–Crippen MR) is 54.4 cm³/mol. The Hall–Kier alpha value is -2.57. The highest BCUT2D eigenvalue weighted by Crippen LogP contribution is 2.04. The molecule has 0 atom stereocenters. The van der Waals surface area contributed by atoms with Gasteiger partial charge in [-0.3, -0.25) is 0 Å². The van der Waals surface area contributed by atoms with Crippen molar-refractivity contribution >= 4 is 34.4 Å². The van der Waals surface area contributed by atoms with Crippen molar-refractivity contribution in [3.63, 3.8) is 0 Å². The average Bonchev–Trinajstić information content (AvgIpc) is 2.13. The van der Waals surface area contributed by atoms with Crippen LogP contribution in [0, 0.1) is 0 Å². The maximum Gasteiger partial charge on any atom is 0.431 e. The second kappa shape index (κ2) is 5.85. The molecule has 0 saturated heterocycles. The Morgan fingerprint density at radius 3 is 1.42 bits per heavy atom. The fourth-order valence-corrected chi connectivity index (χ4v) is 1.96. The van der Waals surface area contributed by atoms with Crippen molar-refractivity contribution in [2.45, 2.75) is 0 Å². The molecule has 0 fully saturated rings. The lowest BCUT2D eigenvalue weighted by Crippen LogP contribution is -2.45. The molecule has 108 valence electrons. The maximum atomic E-state index is 11.3. The van der Waals surface area contributed by atoms with Crippen molar-refractivity contribution in [3.05, 3.63) is 0 Å². The van der Waals surface area contributed by atoms with Gasteiger partial charge >= 0.3 is 24.4 Å². The van der Waals surface area contributed by atoms with Gasteiger partial charge in [-0.25, -0.2) is 32.5 Å². The molecule has 0 rings (SSSR count). The van der Waals surface area contributed by atoms with Crippen LogP contribution in [0.15, 0.2) is 0 Å². The van der Waals surface area contributed by atoms with E-state index in [4.69, 9.17) is 20.4 Å². The summed E-state index contributed by atoms with van der Waals surface area (Å²) in [5.41, 5.74) is 0. The highest BCUT2D eigenvalue weighted by atomic mass is 32.2. The van der Waals surface area contributed by atoms with Crippen molar-refractivity contribution < 1.29 is 48.0 Å². The summed E-state index contributed by atoms with van der Waals surface area (Å²) in [6.07, 6.45) is -8.60. The van der Waals surface area contributed by atoms with E-state index in [0.29, 0.717) is 0 Å². The van der Waals surface area contributed by atoms with E-state index in [9.17, 15) is 27.6 Å². The van der Waals surface area contributed by atoms with Crippen LogP contribution in [0.3, 0.4) is 0 Å². The maximum absolute atomic E-state index is 11.3. The minimum Gasteiger partial charge on any atom is -0.465 e. The molecule has 0 heterocycles. The van der Waals surface area contributed by atoms with Gasteiger partial charge in [-0.05, 0) is 0 Å². The summed E-state index contributed by atoms with van der Waals surface area (Å²) in [7, 11) is -4.92. The Morgan fingerprint density at radius 1 is 0.789 bits per heavy atom. The molecular weight excluding hydrogens is 292 g/mol. The molecule has 0 spiro atoms. The fourth-order valence-electron chi connectivity index (χ4n) is 0.891. The fraction of sp³-hybridized carbons (Fsp3) is 0.333. The van der Waals surface area contributed by atoms with Crippen molar-refractivity contribution in [1.82, 2.24) is 9.21 Å². The number of rotatable bonds is 4. The number of imide groups is 2. The second-order valence-corrected chi connectivity index (χ2v) is 4.80. The minimum atomic E-state index is -4.92. The molecule has 0 bridgehead atoms. The molecule has 12 nitrogen and oxygen atoms in total. The van der Waals surface area contributed by atoms with E-state index in [2.05, 4.69) is 0 Å². The van der Waals surface area contributed by atoms with E-state index in [1.165, 1.54) is 0 Å².